The lowest BCUT2D eigenvalue weighted by molar-refractivity contribution is -0.0479. The van der Waals surface area contributed by atoms with Crippen molar-refractivity contribution in [3.63, 3.8) is 0 Å². The molecular weight excluding hydrogens is 224 g/mol. The van der Waals surface area contributed by atoms with E-state index < -0.39 is 0 Å². The minimum atomic E-state index is 0.412. The van der Waals surface area contributed by atoms with E-state index in [4.69, 9.17) is 4.74 Å². The molecule has 0 aromatic carbocycles. The van der Waals surface area contributed by atoms with Gasteiger partial charge >= 0.3 is 0 Å². The van der Waals surface area contributed by atoms with Gasteiger partial charge in [0.25, 0.3) is 0 Å². The Morgan fingerprint density at radius 2 is 2.28 bits per heavy atom. The first-order valence-electron chi connectivity index (χ1n) is 7.92. The van der Waals surface area contributed by atoms with Gasteiger partial charge in [-0.25, -0.2) is 0 Å². The molecule has 2 aliphatic rings. The minimum Gasteiger partial charge on any atom is -0.374 e. The third kappa shape index (κ3) is 3.94. The maximum Gasteiger partial charge on any atom is 0.0827 e. The second-order valence-corrected chi connectivity index (χ2v) is 5.90. The molecule has 0 bridgehead atoms. The van der Waals surface area contributed by atoms with Crippen LogP contribution in [-0.2, 0) is 4.74 Å². The molecule has 2 heterocycles. The van der Waals surface area contributed by atoms with Crippen LogP contribution in [-0.4, -0.2) is 49.3 Å². The van der Waals surface area contributed by atoms with Crippen molar-refractivity contribution in [2.75, 3.05) is 26.2 Å². The smallest absolute Gasteiger partial charge is 0.0827 e. The Morgan fingerprint density at radius 1 is 1.39 bits per heavy atom. The van der Waals surface area contributed by atoms with Gasteiger partial charge in [-0.3, -0.25) is 4.90 Å². The molecule has 3 heteroatoms. The lowest BCUT2D eigenvalue weighted by atomic mass is 10.1. The summed E-state index contributed by atoms with van der Waals surface area (Å²) in [6, 6.07) is 1.41. The van der Waals surface area contributed by atoms with Crippen molar-refractivity contribution >= 4 is 0 Å². The molecule has 0 aliphatic carbocycles. The van der Waals surface area contributed by atoms with Crippen LogP contribution in [0.1, 0.15) is 52.4 Å². The maximum atomic E-state index is 5.99. The zero-order valence-electron chi connectivity index (χ0n) is 12.2. The molecule has 18 heavy (non-hydrogen) atoms. The van der Waals surface area contributed by atoms with E-state index in [1.807, 2.05) is 0 Å². The SMILES string of the molecule is CCCCC(CC)NCC1CN2CCCC2CO1. The Bertz CT molecular complexity index is 235. The van der Waals surface area contributed by atoms with E-state index in [0.717, 1.165) is 25.7 Å². The molecule has 1 N–H and O–H groups in total. The van der Waals surface area contributed by atoms with Crippen LogP contribution in [0.2, 0.25) is 0 Å². The molecule has 2 saturated heterocycles. The highest BCUT2D eigenvalue weighted by molar-refractivity contribution is 4.86. The summed E-state index contributed by atoms with van der Waals surface area (Å²) < 4.78 is 5.99. The Hall–Kier alpha value is -0.120. The quantitative estimate of drug-likeness (QED) is 0.755. The number of unbranched alkanes of at least 4 members (excludes halogenated alkanes) is 1. The summed E-state index contributed by atoms with van der Waals surface area (Å²) in [5, 5.41) is 3.70. The van der Waals surface area contributed by atoms with Gasteiger partial charge in [-0.05, 0) is 32.2 Å². The van der Waals surface area contributed by atoms with Crippen LogP contribution in [0.5, 0.6) is 0 Å². The summed E-state index contributed by atoms with van der Waals surface area (Å²) in [7, 11) is 0. The van der Waals surface area contributed by atoms with E-state index in [1.165, 1.54) is 45.1 Å². The van der Waals surface area contributed by atoms with Crippen molar-refractivity contribution in [3.8, 4) is 0 Å². The third-order valence-corrected chi connectivity index (χ3v) is 4.49. The van der Waals surface area contributed by atoms with Crippen LogP contribution in [0, 0.1) is 0 Å². The van der Waals surface area contributed by atoms with Crippen LogP contribution >= 0.6 is 0 Å². The van der Waals surface area contributed by atoms with E-state index in [2.05, 4.69) is 24.1 Å². The molecule has 106 valence electrons. The molecule has 0 aromatic rings. The molecule has 0 aromatic heterocycles. The van der Waals surface area contributed by atoms with Crippen molar-refractivity contribution in [1.29, 1.82) is 0 Å². The van der Waals surface area contributed by atoms with Crippen LogP contribution in [0.15, 0.2) is 0 Å². The number of hydrogen-bond donors (Lipinski definition) is 1. The average molecular weight is 254 g/mol. The predicted molar refractivity (Wildman–Crippen MR) is 75.9 cm³/mol. The number of hydrogen-bond acceptors (Lipinski definition) is 3. The number of fused-ring (bicyclic) bond motifs is 1. The van der Waals surface area contributed by atoms with Gasteiger partial charge in [-0.15, -0.1) is 0 Å². The second kappa shape index (κ2) is 7.46. The predicted octanol–water partition coefficient (Wildman–Crippen LogP) is 2.41. The fourth-order valence-electron chi connectivity index (χ4n) is 3.21. The zero-order valence-corrected chi connectivity index (χ0v) is 12.2. The van der Waals surface area contributed by atoms with Crippen molar-refractivity contribution < 1.29 is 4.74 Å². The van der Waals surface area contributed by atoms with Gasteiger partial charge in [0.15, 0.2) is 0 Å². The maximum absolute atomic E-state index is 5.99. The highest BCUT2D eigenvalue weighted by atomic mass is 16.5. The van der Waals surface area contributed by atoms with Gasteiger partial charge in [0.1, 0.15) is 0 Å². The van der Waals surface area contributed by atoms with Gasteiger partial charge in [0, 0.05) is 25.2 Å². The number of nitrogens with zero attached hydrogens (tertiary/aromatic N) is 1. The van der Waals surface area contributed by atoms with Crippen molar-refractivity contribution in [1.82, 2.24) is 10.2 Å². The normalized spacial score (nSPS) is 30.3. The standard InChI is InChI=1S/C15H30N2O/c1-3-5-7-13(4-2)16-10-15-11-17-9-6-8-14(17)12-18-15/h13-16H,3-12H2,1-2H3. The van der Waals surface area contributed by atoms with Gasteiger partial charge in [-0.1, -0.05) is 26.7 Å². The molecule has 2 rings (SSSR count). The van der Waals surface area contributed by atoms with Crippen LogP contribution < -0.4 is 5.32 Å². The topological polar surface area (TPSA) is 24.5 Å². The highest BCUT2D eigenvalue weighted by Gasteiger charge is 2.32. The van der Waals surface area contributed by atoms with Crippen LogP contribution in [0.4, 0.5) is 0 Å². The average Bonchev–Trinajstić information content (AvgIpc) is 2.86. The summed E-state index contributed by atoms with van der Waals surface area (Å²) in [6.45, 7) is 8.97. The Morgan fingerprint density at radius 3 is 3.06 bits per heavy atom. The fraction of sp³-hybridized carbons (Fsp3) is 1.00. The van der Waals surface area contributed by atoms with Gasteiger partial charge in [0.2, 0.25) is 0 Å². The van der Waals surface area contributed by atoms with Gasteiger partial charge in [-0.2, -0.15) is 0 Å². The Balaban J connectivity index is 1.66. The van der Waals surface area contributed by atoms with Crippen molar-refractivity contribution in [2.24, 2.45) is 0 Å². The molecule has 3 nitrogen and oxygen atoms in total. The number of morpholine rings is 1. The summed E-state index contributed by atoms with van der Waals surface area (Å²) in [4.78, 5) is 2.63. The number of nitrogens with one attached hydrogen (secondary N) is 1. The summed E-state index contributed by atoms with van der Waals surface area (Å²) in [5.74, 6) is 0. The molecule has 2 fully saturated rings. The fourth-order valence-corrected chi connectivity index (χ4v) is 3.21. The molecule has 2 aliphatic heterocycles. The molecule has 0 spiro atoms. The van der Waals surface area contributed by atoms with Crippen LogP contribution in [0.25, 0.3) is 0 Å². The number of rotatable bonds is 7. The van der Waals surface area contributed by atoms with E-state index >= 15 is 0 Å². The first kappa shape index (κ1) is 14.3. The lowest BCUT2D eigenvalue weighted by Crippen LogP contribution is -2.50. The Labute approximate surface area is 112 Å². The van der Waals surface area contributed by atoms with Crippen molar-refractivity contribution in [3.05, 3.63) is 0 Å². The van der Waals surface area contributed by atoms with Gasteiger partial charge in [0.05, 0.1) is 12.7 Å². The monoisotopic (exact) mass is 254 g/mol. The number of ether oxygens (including phenoxy) is 1. The van der Waals surface area contributed by atoms with E-state index in [-0.39, 0.29) is 0 Å². The molecular formula is C15H30N2O. The van der Waals surface area contributed by atoms with E-state index in [0.29, 0.717) is 12.1 Å². The molecule has 3 atom stereocenters. The summed E-state index contributed by atoms with van der Waals surface area (Å²) in [6.07, 6.45) is 8.30. The first-order chi connectivity index (χ1) is 8.83. The zero-order chi connectivity index (χ0) is 12.8. The molecule has 0 amide bonds. The Kier molecular flexibility index (Phi) is 5.93. The van der Waals surface area contributed by atoms with E-state index in [9.17, 15) is 0 Å². The van der Waals surface area contributed by atoms with Crippen molar-refractivity contribution in [2.45, 2.75) is 70.6 Å². The van der Waals surface area contributed by atoms with Gasteiger partial charge < -0.3 is 10.1 Å². The largest absolute Gasteiger partial charge is 0.374 e. The highest BCUT2D eigenvalue weighted by Crippen LogP contribution is 2.22. The minimum absolute atomic E-state index is 0.412. The molecule has 3 unspecified atom stereocenters. The lowest BCUT2D eigenvalue weighted by Gasteiger charge is -2.36. The molecule has 0 saturated carbocycles. The second-order valence-electron chi connectivity index (χ2n) is 5.90. The van der Waals surface area contributed by atoms with E-state index in [1.54, 1.807) is 0 Å². The summed E-state index contributed by atoms with van der Waals surface area (Å²) in [5.41, 5.74) is 0. The van der Waals surface area contributed by atoms with Crippen LogP contribution in [0.3, 0.4) is 0 Å². The molecule has 0 radical (unpaired) electrons. The summed E-state index contributed by atoms with van der Waals surface area (Å²) >= 11 is 0. The first-order valence-corrected chi connectivity index (χ1v) is 7.92. The third-order valence-electron chi connectivity index (χ3n) is 4.49.